The van der Waals surface area contributed by atoms with E-state index in [0.717, 1.165) is 11.3 Å². The average Bonchev–Trinajstić information content (AvgIpc) is 3.25. The molecule has 0 unspecified atom stereocenters. The first kappa shape index (κ1) is 17.2. The van der Waals surface area contributed by atoms with Gasteiger partial charge in [-0.05, 0) is 36.4 Å². The quantitative estimate of drug-likeness (QED) is 0.644. The van der Waals surface area contributed by atoms with Gasteiger partial charge in [-0.2, -0.15) is 4.99 Å². The topological polar surface area (TPSA) is 79.1 Å². The molecule has 7 nitrogen and oxygen atoms in total. The second-order valence-corrected chi connectivity index (χ2v) is 6.65. The number of carbonyl (C=O) groups excluding carboxylic acids is 2. The van der Waals surface area contributed by atoms with E-state index < -0.39 is 17.7 Å². The van der Waals surface area contributed by atoms with E-state index >= 15 is 0 Å². The van der Waals surface area contributed by atoms with Crippen LogP contribution >= 0.6 is 11.3 Å². The van der Waals surface area contributed by atoms with Crippen molar-refractivity contribution in [2.75, 3.05) is 13.9 Å². The Labute approximate surface area is 156 Å². The van der Waals surface area contributed by atoms with Crippen molar-refractivity contribution >= 4 is 33.4 Å². The Bertz CT molecular complexity index is 1130. The van der Waals surface area contributed by atoms with Gasteiger partial charge in [-0.15, -0.1) is 0 Å². The average molecular weight is 388 g/mol. The number of amides is 1. The molecule has 0 atom stereocenters. The van der Waals surface area contributed by atoms with Gasteiger partial charge in [-0.1, -0.05) is 11.3 Å². The molecule has 3 aromatic rings. The summed E-state index contributed by atoms with van der Waals surface area (Å²) in [4.78, 5) is 28.8. The highest BCUT2D eigenvalue weighted by atomic mass is 32.1. The number of thiazole rings is 1. The van der Waals surface area contributed by atoms with Crippen LogP contribution in [-0.2, 0) is 16.1 Å². The van der Waals surface area contributed by atoms with Crippen LogP contribution in [0.1, 0.15) is 10.4 Å². The minimum Gasteiger partial charge on any atom is -0.468 e. The zero-order valence-corrected chi connectivity index (χ0v) is 14.9. The zero-order valence-electron chi connectivity index (χ0n) is 14.1. The van der Waals surface area contributed by atoms with Crippen molar-refractivity contribution in [3.05, 3.63) is 52.6 Å². The predicted molar refractivity (Wildman–Crippen MR) is 94.2 cm³/mol. The molecule has 1 aromatic heterocycles. The number of hydrogen-bond donors (Lipinski definition) is 0. The molecule has 0 saturated heterocycles. The Balaban J connectivity index is 1.80. The third-order valence-electron chi connectivity index (χ3n) is 3.98. The van der Waals surface area contributed by atoms with Crippen LogP contribution in [-0.4, -0.2) is 30.3 Å². The molecule has 138 valence electrons. The second-order valence-electron chi connectivity index (χ2n) is 5.64. The summed E-state index contributed by atoms with van der Waals surface area (Å²) < 4.78 is 30.8. The molecule has 0 fully saturated rings. The summed E-state index contributed by atoms with van der Waals surface area (Å²) in [5.41, 5.74) is 0.900. The lowest BCUT2D eigenvalue weighted by Crippen LogP contribution is -2.22. The van der Waals surface area contributed by atoms with E-state index in [0.29, 0.717) is 27.3 Å². The normalized spacial score (nSPS) is 13.2. The van der Waals surface area contributed by atoms with E-state index in [-0.39, 0.29) is 18.1 Å². The van der Waals surface area contributed by atoms with E-state index in [2.05, 4.69) is 4.99 Å². The van der Waals surface area contributed by atoms with Gasteiger partial charge >= 0.3 is 5.97 Å². The molecule has 1 aliphatic heterocycles. The number of ether oxygens (including phenoxy) is 3. The van der Waals surface area contributed by atoms with Crippen LogP contribution in [0.5, 0.6) is 11.5 Å². The fraction of sp³-hybridized carbons (Fsp3) is 0.167. The lowest BCUT2D eigenvalue weighted by molar-refractivity contribution is -0.141. The van der Waals surface area contributed by atoms with E-state index in [9.17, 15) is 14.0 Å². The number of benzene rings is 2. The first-order chi connectivity index (χ1) is 13.0. The van der Waals surface area contributed by atoms with Crippen molar-refractivity contribution in [1.29, 1.82) is 0 Å². The first-order valence-corrected chi connectivity index (χ1v) is 8.71. The molecular weight excluding hydrogens is 375 g/mol. The zero-order chi connectivity index (χ0) is 19.0. The number of aromatic nitrogens is 1. The van der Waals surface area contributed by atoms with Crippen LogP contribution in [0.4, 0.5) is 4.39 Å². The SMILES string of the molecule is COC(=O)Cn1c(=NC(=O)c2ccc3c(c2)OCO3)sc2cc(F)ccc21. The van der Waals surface area contributed by atoms with Gasteiger partial charge in [-0.3, -0.25) is 9.59 Å². The van der Waals surface area contributed by atoms with Crippen LogP contribution in [0, 0.1) is 5.82 Å². The van der Waals surface area contributed by atoms with Gasteiger partial charge in [0.25, 0.3) is 5.91 Å². The smallest absolute Gasteiger partial charge is 0.325 e. The molecule has 1 aliphatic rings. The third kappa shape index (κ3) is 3.28. The minimum atomic E-state index is -0.515. The predicted octanol–water partition coefficient (Wildman–Crippen LogP) is 2.48. The number of rotatable bonds is 3. The number of fused-ring (bicyclic) bond motifs is 2. The second kappa shape index (κ2) is 6.84. The van der Waals surface area contributed by atoms with Crippen LogP contribution in [0.2, 0.25) is 0 Å². The minimum absolute atomic E-state index is 0.102. The van der Waals surface area contributed by atoms with Gasteiger partial charge in [0.1, 0.15) is 12.4 Å². The number of halogens is 1. The Morgan fingerprint density at radius 1 is 1.22 bits per heavy atom. The van der Waals surface area contributed by atoms with Gasteiger partial charge in [0.05, 0.1) is 17.3 Å². The molecule has 0 saturated carbocycles. The number of esters is 1. The number of methoxy groups -OCH3 is 1. The Hall–Kier alpha value is -3.20. The highest BCUT2D eigenvalue weighted by molar-refractivity contribution is 7.16. The largest absolute Gasteiger partial charge is 0.468 e. The molecule has 0 bridgehead atoms. The monoisotopic (exact) mass is 388 g/mol. The highest BCUT2D eigenvalue weighted by Gasteiger charge is 2.17. The van der Waals surface area contributed by atoms with Crippen LogP contribution in [0.25, 0.3) is 10.2 Å². The maximum atomic E-state index is 13.5. The molecule has 1 amide bonds. The summed E-state index contributed by atoms with van der Waals surface area (Å²) in [7, 11) is 1.27. The molecule has 0 radical (unpaired) electrons. The molecule has 2 aromatic carbocycles. The summed E-state index contributed by atoms with van der Waals surface area (Å²) >= 11 is 1.11. The van der Waals surface area contributed by atoms with E-state index in [1.165, 1.54) is 29.9 Å². The highest BCUT2D eigenvalue weighted by Crippen LogP contribution is 2.32. The summed E-state index contributed by atoms with van der Waals surface area (Å²) in [6, 6.07) is 8.91. The fourth-order valence-corrected chi connectivity index (χ4v) is 3.71. The Kier molecular flexibility index (Phi) is 4.36. The van der Waals surface area contributed by atoms with E-state index in [1.807, 2.05) is 0 Å². The molecule has 0 spiro atoms. The standard InChI is InChI=1S/C18H13FN2O5S/c1-24-16(22)8-21-12-4-3-11(19)7-15(12)27-18(21)20-17(23)10-2-5-13-14(6-10)26-9-25-13/h2-7H,8-9H2,1H3. The van der Waals surface area contributed by atoms with Crippen LogP contribution in [0.15, 0.2) is 41.4 Å². The van der Waals surface area contributed by atoms with Gasteiger partial charge in [0.15, 0.2) is 16.3 Å². The Morgan fingerprint density at radius 3 is 2.85 bits per heavy atom. The van der Waals surface area contributed by atoms with E-state index in [4.69, 9.17) is 14.2 Å². The maximum Gasteiger partial charge on any atom is 0.325 e. The number of carbonyl (C=O) groups is 2. The molecule has 0 aliphatic carbocycles. The van der Waals surface area contributed by atoms with Crippen molar-refractivity contribution < 1.29 is 28.2 Å². The maximum absolute atomic E-state index is 13.5. The fourth-order valence-electron chi connectivity index (χ4n) is 2.66. The van der Waals surface area contributed by atoms with Crippen LogP contribution < -0.4 is 14.3 Å². The van der Waals surface area contributed by atoms with Gasteiger partial charge in [0, 0.05) is 5.56 Å². The molecule has 2 heterocycles. The van der Waals surface area contributed by atoms with Crippen molar-refractivity contribution in [3.8, 4) is 11.5 Å². The van der Waals surface area contributed by atoms with Gasteiger partial charge in [-0.25, -0.2) is 4.39 Å². The van der Waals surface area contributed by atoms with Gasteiger partial charge in [0.2, 0.25) is 6.79 Å². The Morgan fingerprint density at radius 2 is 2.04 bits per heavy atom. The van der Waals surface area contributed by atoms with E-state index in [1.54, 1.807) is 18.2 Å². The molecule has 4 rings (SSSR count). The van der Waals surface area contributed by atoms with Crippen molar-refractivity contribution in [1.82, 2.24) is 4.57 Å². The lowest BCUT2D eigenvalue weighted by Gasteiger charge is -2.03. The van der Waals surface area contributed by atoms with Crippen molar-refractivity contribution in [2.24, 2.45) is 4.99 Å². The number of nitrogens with zero attached hydrogens (tertiary/aromatic N) is 2. The van der Waals surface area contributed by atoms with Gasteiger partial charge < -0.3 is 18.8 Å². The molecular formula is C18H13FN2O5S. The van der Waals surface area contributed by atoms with Crippen molar-refractivity contribution in [2.45, 2.75) is 6.54 Å². The third-order valence-corrected chi connectivity index (χ3v) is 5.02. The van der Waals surface area contributed by atoms with Crippen molar-refractivity contribution in [3.63, 3.8) is 0 Å². The molecule has 9 heteroatoms. The lowest BCUT2D eigenvalue weighted by atomic mass is 10.2. The first-order valence-electron chi connectivity index (χ1n) is 7.89. The van der Waals surface area contributed by atoms with Crippen LogP contribution in [0.3, 0.4) is 0 Å². The number of hydrogen-bond acceptors (Lipinski definition) is 6. The summed E-state index contributed by atoms with van der Waals surface area (Å²) in [5.74, 6) is -0.404. The molecule has 27 heavy (non-hydrogen) atoms. The molecule has 0 N–H and O–H groups in total. The summed E-state index contributed by atoms with van der Waals surface area (Å²) in [5, 5.41) is 0. The summed E-state index contributed by atoms with van der Waals surface area (Å²) in [6.07, 6.45) is 0. The summed E-state index contributed by atoms with van der Waals surface area (Å²) in [6.45, 7) is -0.0412.